The van der Waals surface area contributed by atoms with Crippen LogP contribution in [0.5, 0.6) is 0 Å². The van der Waals surface area contributed by atoms with Gasteiger partial charge in [-0.3, -0.25) is 24.6 Å². The number of benzene rings is 2. The number of nitrogens with one attached hydrogen (secondary N) is 2. The quantitative estimate of drug-likeness (QED) is 0.615. The standard InChI is InChI=1S/C24H24ClN3O4/c1-12-10-15(25)11-16-19(12)26-23(32)24(16)18-17(20(27-24)13(2)29)21(30)28(22(18)31)9-8-14-6-4-3-5-7-14/h3-7,10-11,13,17-18,20,27,29H,8-9H2,1-2H3,(H,26,32)/t13-,17-,18-,20+,24-/m0/s1. The number of aliphatic hydroxyl groups excluding tert-OH is 1. The number of anilines is 1. The molecule has 0 bridgehead atoms. The minimum absolute atomic E-state index is 0.223. The molecule has 5 atom stereocenters. The Balaban J connectivity index is 1.58. The van der Waals surface area contributed by atoms with E-state index in [-0.39, 0.29) is 12.5 Å². The minimum atomic E-state index is -1.45. The van der Waals surface area contributed by atoms with Crippen molar-refractivity contribution in [2.75, 3.05) is 11.9 Å². The lowest BCUT2D eigenvalue weighted by Crippen LogP contribution is -2.55. The molecule has 0 radical (unpaired) electrons. The Morgan fingerprint density at radius 2 is 1.88 bits per heavy atom. The van der Waals surface area contributed by atoms with Crippen LogP contribution in [0.3, 0.4) is 0 Å². The minimum Gasteiger partial charge on any atom is -0.392 e. The van der Waals surface area contributed by atoms with Crippen molar-refractivity contribution in [3.05, 3.63) is 64.2 Å². The first-order valence-corrected chi connectivity index (χ1v) is 11.1. The smallest absolute Gasteiger partial charge is 0.250 e. The van der Waals surface area contributed by atoms with Gasteiger partial charge in [0.1, 0.15) is 5.54 Å². The molecule has 2 aromatic carbocycles. The van der Waals surface area contributed by atoms with Crippen molar-refractivity contribution in [2.45, 2.75) is 38.0 Å². The molecule has 0 aliphatic carbocycles. The molecule has 1 spiro atoms. The molecule has 2 fully saturated rings. The van der Waals surface area contributed by atoms with Crippen LogP contribution >= 0.6 is 11.6 Å². The van der Waals surface area contributed by atoms with Crippen LogP contribution in [-0.4, -0.2) is 46.4 Å². The predicted molar refractivity (Wildman–Crippen MR) is 119 cm³/mol. The topological polar surface area (TPSA) is 98.7 Å². The molecule has 3 aliphatic rings. The molecule has 3 amide bonds. The maximum absolute atomic E-state index is 13.6. The zero-order valence-corrected chi connectivity index (χ0v) is 18.5. The van der Waals surface area contributed by atoms with Crippen LogP contribution in [0.25, 0.3) is 0 Å². The number of aryl methyl sites for hydroxylation is 1. The van der Waals surface area contributed by atoms with E-state index in [1.807, 2.05) is 37.3 Å². The van der Waals surface area contributed by atoms with Gasteiger partial charge < -0.3 is 10.4 Å². The van der Waals surface area contributed by atoms with Crippen molar-refractivity contribution in [3.63, 3.8) is 0 Å². The second-order valence-electron chi connectivity index (χ2n) is 8.89. The van der Waals surface area contributed by atoms with Gasteiger partial charge in [-0.1, -0.05) is 41.9 Å². The van der Waals surface area contributed by atoms with Crippen molar-refractivity contribution in [1.29, 1.82) is 0 Å². The molecule has 0 aromatic heterocycles. The van der Waals surface area contributed by atoms with Crippen LogP contribution in [-0.2, 0) is 26.3 Å². The van der Waals surface area contributed by atoms with E-state index in [0.717, 1.165) is 11.1 Å². The SMILES string of the molecule is Cc1cc(Cl)cc2c1NC(=O)[C@]21N[C@H]([C@H](C)O)[C@H]2C(=O)N(CCc3ccccc3)C(=O)[C@H]21. The lowest BCUT2D eigenvalue weighted by atomic mass is 9.76. The van der Waals surface area contributed by atoms with E-state index in [4.69, 9.17) is 11.6 Å². The fraction of sp³-hybridized carbons (Fsp3) is 0.375. The number of carbonyl (C=O) groups excluding carboxylic acids is 3. The third-order valence-corrected chi connectivity index (χ3v) is 7.22. The summed E-state index contributed by atoms with van der Waals surface area (Å²) < 4.78 is 0. The highest BCUT2D eigenvalue weighted by molar-refractivity contribution is 6.31. The Morgan fingerprint density at radius 3 is 2.56 bits per heavy atom. The van der Waals surface area contributed by atoms with Crippen LogP contribution in [0.1, 0.15) is 23.6 Å². The summed E-state index contributed by atoms with van der Waals surface area (Å²) in [7, 11) is 0. The number of hydrogen-bond donors (Lipinski definition) is 3. The molecular formula is C24H24ClN3O4. The second kappa shape index (κ2) is 7.40. The van der Waals surface area contributed by atoms with Gasteiger partial charge in [0.15, 0.2) is 0 Å². The number of hydrogen-bond acceptors (Lipinski definition) is 5. The number of amides is 3. The highest BCUT2D eigenvalue weighted by Crippen LogP contribution is 2.54. The van der Waals surface area contributed by atoms with Gasteiger partial charge in [0.05, 0.1) is 17.9 Å². The molecular weight excluding hydrogens is 430 g/mol. The molecule has 2 saturated heterocycles. The van der Waals surface area contributed by atoms with Crippen molar-refractivity contribution in [1.82, 2.24) is 10.2 Å². The third kappa shape index (κ3) is 2.85. The van der Waals surface area contributed by atoms with Gasteiger partial charge in [-0.2, -0.15) is 0 Å². The maximum Gasteiger partial charge on any atom is 0.250 e. The summed E-state index contributed by atoms with van der Waals surface area (Å²) >= 11 is 6.31. The van der Waals surface area contributed by atoms with Gasteiger partial charge in [0.2, 0.25) is 17.7 Å². The average Bonchev–Trinajstić information content (AvgIpc) is 3.34. The Hall–Kier alpha value is -2.74. The van der Waals surface area contributed by atoms with Crippen molar-refractivity contribution >= 4 is 35.0 Å². The van der Waals surface area contributed by atoms with Gasteiger partial charge in [0, 0.05) is 28.9 Å². The number of imide groups is 1. The van der Waals surface area contributed by atoms with E-state index >= 15 is 0 Å². The molecule has 7 nitrogen and oxygen atoms in total. The monoisotopic (exact) mass is 453 g/mol. The molecule has 32 heavy (non-hydrogen) atoms. The van der Waals surface area contributed by atoms with Crippen LogP contribution in [0.4, 0.5) is 5.69 Å². The third-order valence-electron chi connectivity index (χ3n) is 7.00. The fourth-order valence-electron chi connectivity index (χ4n) is 5.54. The Bertz CT molecular complexity index is 1140. The van der Waals surface area contributed by atoms with E-state index in [0.29, 0.717) is 22.7 Å². The summed E-state index contributed by atoms with van der Waals surface area (Å²) in [6.45, 7) is 3.62. The normalized spacial score (nSPS) is 29.4. The van der Waals surface area contributed by atoms with E-state index < -0.39 is 41.3 Å². The Kier molecular flexibility index (Phi) is 4.89. The lowest BCUT2D eigenvalue weighted by Gasteiger charge is -2.30. The zero-order valence-electron chi connectivity index (χ0n) is 17.8. The highest BCUT2D eigenvalue weighted by atomic mass is 35.5. The number of aliphatic hydroxyl groups is 1. The van der Waals surface area contributed by atoms with Gasteiger partial charge in [-0.25, -0.2) is 0 Å². The first-order valence-electron chi connectivity index (χ1n) is 10.7. The van der Waals surface area contributed by atoms with Gasteiger partial charge >= 0.3 is 0 Å². The van der Waals surface area contributed by atoms with Crippen molar-refractivity contribution < 1.29 is 19.5 Å². The lowest BCUT2D eigenvalue weighted by molar-refractivity contribution is -0.143. The van der Waals surface area contributed by atoms with Crippen LogP contribution in [0.15, 0.2) is 42.5 Å². The summed E-state index contributed by atoms with van der Waals surface area (Å²) in [5, 5.41) is 17.0. The van der Waals surface area contributed by atoms with Crippen LogP contribution in [0, 0.1) is 18.8 Å². The number of nitrogens with zero attached hydrogens (tertiary/aromatic N) is 1. The number of rotatable bonds is 4. The average molecular weight is 454 g/mol. The van der Waals surface area contributed by atoms with Crippen LogP contribution < -0.4 is 10.6 Å². The van der Waals surface area contributed by atoms with Gasteiger partial charge in [-0.05, 0) is 43.5 Å². The number of likely N-dealkylation sites (tertiary alicyclic amines) is 1. The first kappa shape index (κ1) is 21.1. The maximum atomic E-state index is 13.6. The molecule has 5 rings (SSSR count). The molecule has 0 unspecified atom stereocenters. The van der Waals surface area contributed by atoms with Gasteiger partial charge in [0.25, 0.3) is 0 Å². The second-order valence-corrected chi connectivity index (χ2v) is 9.32. The number of halogens is 1. The molecule has 8 heteroatoms. The van der Waals surface area contributed by atoms with Crippen molar-refractivity contribution in [2.24, 2.45) is 11.8 Å². The van der Waals surface area contributed by atoms with E-state index in [1.165, 1.54) is 4.90 Å². The van der Waals surface area contributed by atoms with E-state index in [1.54, 1.807) is 19.1 Å². The molecule has 0 saturated carbocycles. The summed E-state index contributed by atoms with van der Waals surface area (Å²) in [4.78, 5) is 41.7. The number of fused-ring (bicyclic) bond motifs is 4. The summed E-state index contributed by atoms with van der Waals surface area (Å²) in [5.41, 5.74) is 1.48. The van der Waals surface area contributed by atoms with Gasteiger partial charge in [-0.15, -0.1) is 0 Å². The summed E-state index contributed by atoms with van der Waals surface area (Å²) in [5.74, 6) is -2.95. The summed E-state index contributed by atoms with van der Waals surface area (Å²) in [6.07, 6.45) is -0.421. The number of carbonyl (C=O) groups is 3. The molecule has 166 valence electrons. The van der Waals surface area contributed by atoms with E-state index in [2.05, 4.69) is 10.6 Å². The predicted octanol–water partition coefficient (Wildman–Crippen LogP) is 1.99. The molecule has 3 N–H and O–H groups in total. The first-order chi connectivity index (χ1) is 15.3. The molecule has 3 heterocycles. The van der Waals surface area contributed by atoms with Crippen molar-refractivity contribution in [3.8, 4) is 0 Å². The zero-order chi connectivity index (χ0) is 22.8. The molecule has 2 aromatic rings. The highest BCUT2D eigenvalue weighted by Gasteiger charge is 2.71. The fourth-order valence-corrected chi connectivity index (χ4v) is 5.82. The largest absolute Gasteiger partial charge is 0.392 e. The van der Waals surface area contributed by atoms with E-state index in [9.17, 15) is 19.5 Å². The Morgan fingerprint density at radius 1 is 1.16 bits per heavy atom. The van der Waals surface area contributed by atoms with Crippen LogP contribution in [0.2, 0.25) is 5.02 Å². The Labute approximate surface area is 190 Å². The summed E-state index contributed by atoms with van der Waals surface area (Å²) in [6, 6.07) is 12.3. The molecule has 3 aliphatic heterocycles.